The van der Waals surface area contributed by atoms with Crippen LogP contribution in [0.5, 0.6) is 11.5 Å². The monoisotopic (exact) mass is 605 g/mol. The minimum atomic E-state index is -4.14. The Morgan fingerprint density at radius 1 is 0.705 bits per heavy atom. The maximum atomic E-state index is 13.9. The van der Waals surface area contributed by atoms with Crippen molar-refractivity contribution in [2.75, 3.05) is 16.2 Å². The molecule has 0 bridgehead atoms. The second kappa shape index (κ2) is 13.7. The maximum Gasteiger partial charge on any atom is 0.264 e. The van der Waals surface area contributed by atoms with Gasteiger partial charge >= 0.3 is 0 Å². The number of carbonyl (C=O) groups is 2. The standard InChI is InChI=1S/C35H31N3O5S/c1-26-16-22-31(23-17-26)44(41,42)38(28-18-20-30(21-19-28)43-29-12-6-3-7-13-29)25-34(39)37-33-15-9-8-14-32(33)35(40)36-24-27-10-4-2-5-11-27/h2-23H,24-25H2,1H3,(H,36,40)(H,37,39). The van der Waals surface area contributed by atoms with Gasteiger partial charge in [-0.2, -0.15) is 0 Å². The molecule has 2 amide bonds. The quantitative estimate of drug-likeness (QED) is 0.178. The average Bonchev–Trinajstić information content (AvgIpc) is 3.04. The number of benzene rings is 5. The topological polar surface area (TPSA) is 105 Å². The van der Waals surface area contributed by atoms with Crippen molar-refractivity contribution in [1.82, 2.24) is 5.32 Å². The Kier molecular flexibility index (Phi) is 9.37. The number of sulfonamides is 1. The molecule has 0 aliphatic carbocycles. The number of anilines is 2. The molecule has 5 aromatic carbocycles. The summed E-state index contributed by atoms with van der Waals surface area (Å²) >= 11 is 0. The van der Waals surface area contributed by atoms with Crippen LogP contribution < -0.4 is 19.7 Å². The molecule has 0 aliphatic rings. The smallest absolute Gasteiger partial charge is 0.264 e. The third-order valence-electron chi connectivity index (χ3n) is 6.74. The van der Waals surface area contributed by atoms with Crippen LogP contribution in [0.15, 0.2) is 138 Å². The largest absolute Gasteiger partial charge is 0.457 e. The van der Waals surface area contributed by atoms with Crippen LogP contribution in [0.3, 0.4) is 0 Å². The van der Waals surface area contributed by atoms with E-state index >= 15 is 0 Å². The van der Waals surface area contributed by atoms with Crippen LogP contribution in [-0.4, -0.2) is 26.8 Å². The first-order valence-electron chi connectivity index (χ1n) is 13.9. The molecule has 5 rings (SSSR count). The summed E-state index contributed by atoms with van der Waals surface area (Å²) in [5, 5.41) is 5.60. The van der Waals surface area contributed by atoms with Crippen molar-refractivity contribution in [3.8, 4) is 11.5 Å². The third-order valence-corrected chi connectivity index (χ3v) is 8.53. The molecule has 0 aromatic heterocycles. The first kappa shape index (κ1) is 30.1. The molecule has 0 unspecified atom stereocenters. The second-order valence-corrected chi connectivity index (χ2v) is 11.9. The number of ether oxygens (including phenoxy) is 1. The molecule has 0 aliphatic heterocycles. The summed E-state index contributed by atoms with van der Waals surface area (Å²) < 4.78 is 34.6. The summed E-state index contributed by atoms with van der Waals surface area (Å²) in [6.07, 6.45) is 0. The lowest BCUT2D eigenvalue weighted by Gasteiger charge is -2.24. The number of amides is 2. The summed E-state index contributed by atoms with van der Waals surface area (Å²) in [6, 6.07) is 38.1. The molecule has 5 aromatic rings. The predicted molar refractivity (Wildman–Crippen MR) is 171 cm³/mol. The molecule has 0 atom stereocenters. The summed E-state index contributed by atoms with van der Waals surface area (Å²) in [4.78, 5) is 26.5. The minimum Gasteiger partial charge on any atom is -0.457 e. The fraction of sp³-hybridized carbons (Fsp3) is 0.0857. The van der Waals surface area contributed by atoms with Crippen LogP contribution in [0.2, 0.25) is 0 Å². The molecule has 8 nitrogen and oxygen atoms in total. The Bertz CT molecular complexity index is 1830. The third kappa shape index (κ3) is 7.50. The number of rotatable bonds is 11. The van der Waals surface area contributed by atoms with Crippen LogP contribution in [0, 0.1) is 6.92 Å². The molecule has 44 heavy (non-hydrogen) atoms. The number of hydrogen-bond acceptors (Lipinski definition) is 5. The van der Waals surface area contributed by atoms with Gasteiger partial charge in [-0.3, -0.25) is 13.9 Å². The molecule has 0 saturated carbocycles. The number of nitrogens with one attached hydrogen (secondary N) is 2. The summed E-state index contributed by atoms with van der Waals surface area (Å²) in [7, 11) is -4.14. The number of nitrogens with zero attached hydrogens (tertiary/aromatic N) is 1. The van der Waals surface area contributed by atoms with Crippen LogP contribution in [0.25, 0.3) is 0 Å². The molecule has 2 N–H and O–H groups in total. The molecule has 0 fully saturated rings. The van der Waals surface area contributed by atoms with Crippen molar-refractivity contribution in [3.05, 3.63) is 150 Å². The van der Waals surface area contributed by atoms with Gasteiger partial charge in [-0.1, -0.05) is 78.4 Å². The Labute approximate surface area is 257 Å². The number of para-hydroxylation sites is 2. The molecule has 0 spiro atoms. The van der Waals surface area contributed by atoms with Crippen molar-refractivity contribution >= 4 is 33.2 Å². The average molecular weight is 606 g/mol. The molecule has 9 heteroatoms. The highest BCUT2D eigenvalue weighted by molar-refractivity contribution is 7.92. The molecule has 0 saturated heterocycles. The van der Waals surface area contributed by atoms with E-state index in [4.69, 9.17) is 4.74 Å². The fourth-order valence-electron chi connectivity index (χ4n) is 4.44. The molecule has 222 valence electrons. The highest BCUT2D eigenvalue weighted by atomic mass is 32.2. The van der Waals surface area contributed by atoms with Gasteiger partial charge in [0.1, 0.15) is 18.0 Å². The van der Waals surface area contributed by atoms with E-state index in [1.807, 2.05) is 67.6 Å². The first-order valence-corrected chi connectivity index (χ1v) is 15.4. The molecule has 0 heterocycles. The van der Waals surface area contributed by atoms with Gasteiger partial charge in [0.2, 0.25) is 5.91 Å². The van der Waals surface area contributed by atoms with Gasteiger partial charge in [0.25, 0.3) is 15.9 Å². The van der Waals surface area contributed by atoms with Crippen molar-refractivity contribution in [2.45, 2.75) is 18.4 Å². The maximum absolute atomic E-state index is 13.9. The minimum absolute atomic E-state index is 0.0428. The zero-order valence-corrected chi connectivity index (χ0v) is 24.8. The van der Waals surface area contributed by atoms with E-state index in [9.17, 15) is 18.0 Å². The van der Waals surface area contributed by atoms with Gasteiger partial charge < -0.3 is 15.4 Å². The summed E-state index contributed by atoms with van der Waals surface area (Å²) in [5.41, 5.74) is 2.63. The highest BCUT2D eigenvalue weighted by Gasteiger charge is 2.28. The van der Waals surface area contributed by atoms with E-state index in [1.54, 1.807) is 60.7 Å². The zero-order chi connectivity index (χ0) is 30.9. The van der Waals surface area contributed by atoms with E-state index < -0.39 is 22.5 Å². The number of carbonyl (C=O) groups excluding carboxylic acids is 2. The fourth-order valence-corrected chi connectivity index (χ4v) is 5.86. The van der Waals surface area contributed by atoms with Crippen LogP contribution in [0.4, 0.5) is 11.4 Å². The van der Waals surface area contributed by atoms with Crippen LogP contribution in [-0.2, 0) is 21.4 Å². The Morgan fingerprint density at radius 3 is 1.98 bits per heavy atom. The lowest BCUT2D eigenvalue weighted by atomic mass is 10.1. The summed E-state index contributed by atoms with van der Waals surface area (Å²) in [6.45, 7) is 1.64. The van der Waals surface area contributed by atoms with Gasteiger partial charge in [0.15, 0.2) is 0 Å². The number of aryl methyl sites for hydroxylation is 1. The van der Waals surface area contributed by atoms with Gasteiger partial charge in [0, 0.05) is 6.54 Å². The van der Waals surface area contributed by atoms with E-state index in [0.717, 1.165) is 15.4 Å². The SMILES string of the molecule is Cc1ccc(S(=O)(=O)N(CC(=O)Nc2ccccc2C(=O)NCc2ccccc2)c2ccc(Oc3ccccc3)cc2)cc1. The van der Waals surface area contributed by atoms with Crippen LogP contribution >= 0.6 is 0 Å². The predicted octanol–water partition coefficient (Wildman–Crippen LogP) is 6.55. The molecular weight excluding hydrogens is 574 g/mol. The van der Waals surface area contributed by atoms with Crippen molar-refractivity contribution < 1.29 is 22.7 Å². The molecular formula is C35H31N3O5S. The number of hydrogen-bond donors (Lipinski definition) is 2. The van der Waals surface area contributed by atoms with Gasteiger partial charge in [0.05, 0.1) is 21.8 Å². The Balaban J connectivity index is 1.37. The van der Waals surface area contributed by atoms with E-state index in [-0.39, 0.29) is 27.7 Å². The second-order valence-electron chi connectivity index (χ2n) is 10.00. The van der Waals surface area contributed by atoms with Crippen molar-refractivity contribution in [2.24, 2.45) is 0 Å². The van der Waals surface area contributed by atoms with Gasteiger partial charge in [-0.05, 0) is 73.2 Å². The Hall–Kier alpha value is -5.41. The molecule has 0 radical (unpaired) electrons. The van der Waals surface area contributed by atoms with E-state index in [1.165, 1.54) is 12.1 Å². The Morgan fingerprint density at radius 2 is 1.30 bits per heavy atom. The lowest BCUT2D eigenvalue weighted by Crippen LogP contribution is -2.38. The van der Waals surface area contributed by atoms with Gasteiger partial charge in [-0.25, -0.2) is 8.42 Å². The van der Waals surface area contributed by atoms with Crippen molar-refractivity contribution in [3.63, 3.8) is 0 Å². The highest BCUT2D eigenvalue weighted by Crippen LogP contribution is 2.28. The van der Waals surface area contributed by atoms with E-state index in [0.29, 0.717) is 18.0 Å². The van der Waals surface area contributed by atoms with Gasteiger partial charge in [-0.15, -0.1) is 0 Å². The zero-order valence-electron chi connectivity index (χ0n) is 24.0. The first-order chi connectivity index (χ1) is 21.3. The van der Waals surface area contributed by atoms with Crippen LogP contribution in [0.1, 0.15) is 21.5 Å². The lowest BCUT2D eigenvalue weighted by molar-refractivity contribution is -0.114. The van der Waals surface area contributed by atoms with Crippen molar-refractivity contribution in [1.29, 1.82) is 0 Å². The summed E-state index contributed by atoms with van der Waals surface area (Å²) in [5.74, 6) is 0.152. The normalized spacial score (nSPS) is 10.9. The van der Waals surface area contributed by atoms with E-state index in [2.05, 4.69) is 10.6 Å².